The normalized spacial score (nSPS) is 21.7. The third-order valence-electron chi connectivity index (χ3n) is 2.87. The van der Waals surface area contributed by atoms with Crippen molar-refractivity contribution in [2.75, 3.05) is 23.3 Å². The standard InChI is InChI=1S/C11H16BrN3/c12-5-4-10-3-1-8-15(9-10)11-13-6-2-7-14-11/h2,6-7,10H,1,3-5,8-9H2. The lowest BCUT2D eigenvalue weighted by atomic mass is 9.96. The number of piperidine rings is 1. The highest BCUT2D eigenvalue weighted by atomic mass is 79.9. The number of aromatic nitrogens is 2. The molecule has 2 heterocycles. The molecule has 0 aliphatic carbocycles. The van der Waals surface area contributed by atoms with E-state index in [4.69, 9.17) is 0 Å². The van der Waals surface area contributed by atoms with Gasteiger partial charge < -0.3 is 4.90 Å². The second kappa shape index (κ2) is 5.45. The number of rotatable bonds is 3. The van der Waals surface area contributed by atoms with Gasteiger partial charge in [0.05, 0.1) is 0 Å². The number of nitrogens with zero attached hydrogens (tertiary/aromatic N) is 3. The first-order valence-corrected chi connectivity index (χ1v) is 6.60. The van der Waals surface area contributed by atoms with Gasteiger partial charge in [-0.1, -0.05) is 15.9 Å². The third-order valence-corrected chi connectivity index (χ3v) is 3.33. The fraction of sp³-hybridized carbons (Fsp3) is 0.636. The van der Waals surface area contributed by atoms with Crippen molar-refractivity contribution in [3.05, 3.63) is 18.5 Å². The van der Waals surface area contributed by atoms with Gasteiger partial charge in [-0.3, -0.25) is 0 Å². The zero-order valence-corrected chi connectivity index (χ0v) is 10.4. The molecule has 0 N–H and O–H groups in total. The highest BCUT2D eigenvalue weighted by Crippen LogP contribution is 2.22. The SMILES string of the molecule is BrCCC1CCCN(c2ncccn2)C1. The van der Waals surface area contributed by atoms with Gasteiger partial charge in [-0.2, -0.15) is 0 Å². The zero-order chi connectivity index (χ0) is 10.5. The molecule has 1 fully saturated rings. The van der Waals surface area contributed by atoms with Gasteiger partial charge in [0.25, 0.3) is 0 Å². The van der Waals surface area contributed by atoms with Crippen LogP contribution in [0.3, 0.4) is 0 Å². The van der Waals surface area contributed by atoms with Crippen molar-refractivity contribution < 1.29 is 0 Å². The van der Waals surface area contributed by atoms with E-state index in [0.717, 1.165) is 30.3 Å². The molecule has 0 spiro atoms. The molecular formula is C11H16BrN3. The van der Waals surface area contributed by atoms with Crippen LogP contribution < -0.4 is 4.90 Å². The second-order valence-electron chi connectivity index (χ2n) is 3.98. The molecule has 15 heavy (non-hydrogen) atoms. The fourth-order valence-corrected chi connectivity index (χ4v) is 2.74. The minimum atomic E-state index is 0.793. The second-order valence-corrected chi connectivity index (χ2v) is 4.77. The van der Waals surface area contributed by atoms with Gasteiger partial charge in [0.2, 0.25) is 5.95 Å². The quantitative estimate of drug-likeness (QED) is 0.790. The molecule has 0 bridgehead atoms. The van der Waals surface area contributed by atoms with E-state index in [1.54, 1.807) is 0 Å². The van der Waals surface area contributed by atoms with Gasteiger partial charge in [-0.05, 0) is 31.2 Å². The zero-order valence-electron chi connectivity index (χ0n) is 8.77. The molecule has 1 aromatic rings. The Morgan fingerprint density at radius 3 is 2.93 bits per heavy atom. The van der Waals surface area contributed by atoms with Gasteiger partial charge in [-0.25, -0.2) is 9.97 Å². The van der Waals surface area contributed by atoms with Gasteiger partial charge in [-0.15, -0.1) is 0 Å². The Morgan fingerprint density at radius 1 is 1.40 bits per heavy atom. The summed E-state index contributed by atoms with van der Waals surface area (Å²) in [6, 6.07) is 1.86. The lowest BCUT2D eigenvalue weighted by Crippen LogP contribution is -2.36. The Hall–Kier alpha value is -0.640. The van der Waals surface area contributed by atoms with Crippen LogP contribution >= 0.6 is 15.9 Å². The summed E-state index contributed by atoms with van der Waals surface area (Å²) in [7, 11) is 0. The molecule has 1 atom stereocenters. The van der Waals surface area contributed by atoms with Crippen molar-refractivity contribution in [1.82, 2.24) is 9.97 Å². The van der Waals surface area contributed by atoms with E-state index in [1.807, 2.05) is 18.5 Å². The molecule has 1 aromatic heterocycles. The first kappa shape index (κ1) is 10.9. The largest absolute Gasteiger partial charge is 0.341 e. The maximum atomic E-state index is 4.30. The lowest BCUT2D eigenvalue weighted by Gasteiger charge is -2.32. The number of halogens is 1. The van der Waals surface area contributed by atoms with E-state index >= 15 is 0 Å². The Labute approximate surface area is 99.0 Å². The summed E-state index contributed by atoms with van der Waals surface area (Å²) in [5, 5.41) is 1.10. The van der Waals surface area contributed by atoms with Crippen LogP contribution in [-0.2, 0) is 0 Å². The molecule has 0 amide bonds. The summed E-state index contributed by atoms with van der Waals surface area (Å²) in [5.74, 6) is 1.68. The summed E-state index contributed by atoms with van der Waals surface area (Å²) in [6.45, 7) is 2.21. The number of hydrogen-bond donors (Lipinski definition) is 0. The van der Waals surface area contributed by atoms with Crippen LogP contribution in [0.15, 0.2) is 18.5 Å². The van der Waals surface area contributed by atoms with E-state index in [9.17, 15) is 0 Å². The van der Waals surface area contributed by atoms with Gasteiger partial charge in [0, 0.05) is 30.8 Å². The van der Waals surface area contributed by atoms with Crippen LogP contribution in [0, 0.1) is 5.92 Å². The van der Waals surface area contributed by atoms with Gasteiger partial charge in [0.15, 0.2) is 0 Å². The monoisotopic (exact) mass is 269 g/mol. The van der Waals surface area contributed by atoms with Crippen LogP contribution in [0.5, 0.6) is 0 Å². The van der Waals surface area contributed by atoms with Crippen LogP contribution in [0.4, 0.5) is 5.95 Å². The molecule has 0 aromatic carbocycles. The molecule has 1 saturated heterocycles. The molecule has 0 radical (unpaired) electrons. The number of hydrogen-bond acceptors (Lipinski definition) is 3. The van der Waals surface area contributed by atoms with E-state index in [1.165, 1.54) is 19.3 Å². The smallest absolute Gasteiger partial charge is 0.225 e. The van der Waals surface area contributed by atoms with Gasteiger partial charge >= 0.3 is 0 Å². The third kappa shape index (κ3) is 2.91. The first-order valence-electron chi connectivity index (χ1n) is 5.48. The maximum absolute atomic E-state index is 4.30. The summed E-state index contributed by atoms with van der Waals surface area (Å²) in [6.07, 6.45) is 7.49. The summed E-state index contributed by atoms with van der Waals surface area (Å²) >= 11 is 3.51. The molecule has 1 aliphatic rings. The average molecular weight is 270 g/mol. The Balaban J connectivity index is 1.98. The van der Waals surface area contributed by atoms with E-state index in [2.05, 4.69) is 30.8 Å². The lowest BCUT2D eigenvalue weighted by molar-refractivity contribution is 0.404. The first-order chi connectivity index (χ1) is 7.40. The van der Waals surface area contributed by atoms with Crippen molar-refractivity contribution in [3.63, 3.8) is 0 Å². The van der Waals surface area contributed by atoms with Crippen molar-refractivity contribution in [1.29, 1.82) is 0 Å². The predicted octanol–water partition coefficient (Wildman–Crippen LogP) is 2.48. The summed E-state index contributed by atoms with van der Waals surface area (Å²) in [5.41, 5.74) is 0. The molecule has 3 nitrogen and oxygen atoms in total. The Bertz CT molecular complexity index is 289. The summed E-state index contributed by atoms with van der Waals surface area (Å²) < 4.78 is 0. The van der Waals surface area contributed by atoms with Crippen LogP contribution in [0.2, 0.25) is 0 Å². The molecule has 82 valence electrons. The molecule has 2 rings (SSSR count). The average Bonchev–Trinajstić information content (AvgIpc) is 2.31. The van der Waals surface area contributed by atoms with Crippen molar-refractivity contribution in [3.8, 4) is 0 Å². The number of anilines is 1. The van der Waals surface area contributed by atoms with Crippen LogP contribution in [0.25, 0.3) is 0 Å². The van der Waals surface area contributed by atoms with Crippen molar-refractivity contribution in [2.24, 2.45) is 5.92 Å². The molecule has 0 saturated carbocycles. The van der Waals surface area contributed by atoms with E-state index in [0.29, 0.717) is 0 Å². The molecular weight excluding hydrogens is 254 g/mol. The topological polar surface area (TPSA) is 29.0 Å². The van der Waals surface area contributed by atoms with Crippen molar-refractivity contribution in [2.45, 2.75) is 19.3 Å². The molecule has 1 aliphatic heterocycles. The van der Waals surface area contributed by atoms with Crippen LogP contribution in [0.1, 0.15) is 19.3 Å². The molecule has 1 unspecified atom stereocenters. The van der Waals surface area contributed by atoms with Crippen molar-refractivity contribution >= 4 is 21.9 Å². The minimum Gasteiger partial charge on any atom is -0.341 e. The maximum Gasteiger partial charge on any atom is 0.225 e. The Morgan fingerprint density at radius 2 is 2.20 bits per heavy atom. The van der Waals surface area contributed by atoms with Crippen LogP contribution in [-0.4, -0.2) is 28.4 Å². The minimum absolute atomic E-state index is 0.793. The fourth-order valence-electron chi connectivity index (χ4n) is 2.09. The summed E-state index contributed by atoms with van der Waals surface area (Å²) in [4.78, 5) is 10.9. The number of alkyl halides is 1. The predicted molar refractivity (Wildman–Crippen MR) is 65.4 cm³/mol. The van der Waals surface area contributed by atoms with E-state index < -0.39 is 0 Å². The molecule has 4 heteroatoms. The highest BCUT2D eigenvalue weighted by molar-refractivity contribution is 9.09. The van der Waals surface area contributed by atoms with Gasteiger partial charge in [0.1, 0.15) is 0 Å². The highest BCUT2D eigenvalue weighted by Gasteiger charge is 2.20. The Kier molecular flexibility index (Phi) is 3.94. The van der Waals surface area contributed by atoms with E-state index in [-0.39, 0.29) is 0 Å².